The van der Waals surface area contributed by atoms with E-state index in [1.54, 1.807) is 0 Å². The van der Waals surface area contributed by atoms with E-state index in [0.29, 0.717) is 0 Å². The number of ether oxygens (including phenoxy) is 2. The Morgan fingerprint density at radius 3 is 2.53 bits per heavy atom. The van der Waals surface area contributed by atoms with E-state index in [2.05, 4.69) is 4.74 Å². The van der Waals surface area contributed by atoms with E-state index < -0.39 is 16.8 Å². The molecule has 96 valence electrons. The van der Waals surface area contributed by atoms with Crippen molar-refractivity contribution < 1.29 is 26.7 Å². The summed E-state index contributed by atoms with van der Waals surface area (Å²) in [6.45, 7) is -3.08. The predicted octanol–water partition coefficient (Wildman–Crippen LogP) is 0.912. The molecule has 6 nitrogen and oxygen atoms in total. The highest BCUT2D eigenvalue weighted by molar-refractivity contribution is 7.90. The van der Waals surface area contributed by atoms with Crippen LogP contribution in [0.15, 0.2) is 18.2 Å². The lowest BCUT2D eigenvalue weighted by Gasteiger charge is -2.12. The monoisotopic (exact) mass is 268 g/mol. The molecule has 9 heteroatoms. The van der Waals surface area contributed by atoms with Crippen LogP contribution in [0.2, 0.25) is 0 Å². The summed E-state index contributed by atoms with van der Waals surface area (Å²) in [6.07, 6.45) is 0. The van der Waals surface area contributed by atoms with Crippen LogP contribution in [-0.2, 0) is 10.2 Å². The molecular formula is C8H10F2N2O4S. The summed E-state index contributed by atoms with van der Waals surface area (Å²) in [5.74, 6) is -0.0902. The van der Waals surface area contributed by atoms with Gasteiger partial charge in [-0.3, -0.25) is 4.72 Å². The zero-order chi connectivity index (χ0) is 13.1. The maximum atomic E-state index is 12.1. The number of nitrogens with one attached hydrogen (secondary N) is 1. The summed E-state index contributed by atoms with van der Waals surface area (Å²) >= 11 is 0. The minimum atomic E-state index is -4.09. The van der Waals surface area contributed by atoms with Gasteiger partial charge in [0.1, 0.15) is 5.75 Å². The average molecular weight is 268 g/mol. The molecular weight excluding hydrogens is 258 g/mol. The van der Waals surface area contributed by atoms with Gasteiger partial charge in [-0.15, -0.1) is 0 Å². The van der Waals surface area contributed by atoms with Gasteiger partial charge in [0.05, 0.1) is 12.8 Å². The standard InChI is InChI=1S/C8H10F2N2O4S/c1-15-5-2-3-7(16-8(9)10)6(4-5)12-17(11,13)14/h2-4,8,12H,1H3,(H2,11,13,14). The van der Waals surface area contributed by atoms with Gasteiger partial charge in [0, 0.05) is 6.07 Å². The normalized spacial score (nSPS) is 11.4. The number of nitrogens with two attached hydrogens (primary N) is 1. The van der Waals surface area contributed by atoms with E-state index in [4.69, 9.17) is 9.88 Å². The van der Waals surface area contributed by atoms with Crippen molar-refractivity contribution in [2.24, 2.45) is 5.14 Å². The minimum Gasteiger partial charge on any atom is -0.497 e. The zero-order valence-corrected chi connectivity index (χ0v) is 9.50. The summed E-state index contributed by atoms with van der Waals surface area (Å²) in [5.41, 5.74) is -0.229. The van der Waals surface area contributed by atoms with Gasteiger partial charge in [0.15, 0.2) is 5.75 Å². The van der Waals surface area contributed by atoms with E-state index in [1.165, 1.54) is 19.2 Å². The van der Waals surface area contributed by atoms with Gasteiger partial charge in [-0.1, -0.05) is 0 Å². The molecule has 0 unspecified atom stereocenters. The van der Waals surface area contributed by atoms with Gasteiger partial charge in [-0.25, -0.2) is 5.14 Å². The Morgan fingerprint density at radius 1 is 1.41 bits per heavy atom. The maximum absolute atomic E-state index is 12.1. The Morgan fingerprint density at radius 2 is 2.06 bits per heavy atom. The Balaban J connectivity index is 3.11. The molecule has 0 saturated carbocycles. The first-order chi connectivity index (χ1) is 7.81. The lowest BCUT2D eigenvalue weighted by Crippen LogP contribution is -2.22. The lowest BCUT2D eigenvalue weighted by atomic mass is 10.3. The highest BCUT2D eigenvalue weighted by Crippen LogP contribution is 2.30. The predicted molar refractivity (Wildman–Crippen MR) is 56.4 cm³/mol. The number of rotatable bonds is 5. The number of anilines is 1. The third kappa shape index (κ3) is 4.41. The lowest BCUT2D eigenvalue weighted by molar-refractivity contribution is -0.0493. The van der Waals surface area contributed by atoms with Crippen molar-refractivity contribution in [2.45, 2.75) is 6.61 Å². The third-order valence-corrected chi connectivity index (χ3v) is 2.16. The van der Waals surface area contributed by atoms with Crippen LogP contribution < -0.4 is 19.3 Å². The van der Waals surface area contributed by atoms with Gasteiger partial charge in [0.2, 0.25) is 0 Å². The summed E-state index contributed by atoms with van der Waals surface area (Å²) in [6, 6.07) is 3.65. The van der Waals surface area contributed by atoms with Crippen molar-refractivity contribution in [3.63, 3.8) is 0 Å². The van der Waals surface area contributed by atoms with Crippen LogP contribution >= 0.6 is 0 Å². The zero-order valence-electron chi connectivity index (χ0n) is 8.68. The number of alkyl halides is 2. The van der Waals surface area contributed by atoms with Gasteiger partial charge in [0.25, 0.3) is 10.2 Å². The molecule has 0 aliphatic carbocycles. The Hall–Kier alpha value is -1.61. The van der Waals surface area contributed by atoms with Crippen molar-refractivity contribution >= 4 is 15.9 Å². The highest BCUT2D eigenvalue weighted by atomic mass is 32.2. The first kappa shape index (κ1) is 13.5. The van der Waals surface area contributed by atoms with Crippen LogP contribution in [0.4, 0.5) is 14.5 Å². The average Bonchev–Trinajstić information content (AvgIpc) is 2.17. The SMILES string of the molecule is COc1ccc(OC(F)F)c(NS(N)(=O)=O)c1. The summed E-state index contributed by atoms with van der Waals surface area (Å²) in [4.78, 5) is 0. The van der Waals surface area contributed by atoms with Crippen LogP contribution in [0.25, 0.3) is 0 Å². The second-order valence-corrected chi connectivity index (χ2v) is 4.18. The molecule has 17 heavy (non-hydrogen) atoms. The fraction of sp³-hybridized carbons (Fsp3) is 0.250. The maximum Gasteiger partial charge on any atom is 0.387 e. The minimum absolute atomic E-state index is 0.229. The van der Waals surface area contributed by atoms with Crippen molar-refractivity contribution in [2.75, 3.05) is 11.8 Å². The van der Waals surface area contributed by atoms with Gasteiger partial charge in [-0.2, -0.15) is 17.2 Å². The molecule has 0 bridgehead atoms. The van der Waals surface area contributed by atoms with Crippen molar-refractivity contribution in [1.82, 2.24) is 0 Å². The van der Waals surface area contributed by atoms with Gasteiger partial charge < -0.3 is 9.47 Å². The quantitative estimate of drug-likeness (QED) is 0.830. The molecule has 0 saturated heterocycles. The third-order valence-electron chi connectivity index (χ3n) is 1.66. The van der Waals surface area contributed by atoms with Crippen molar-refractivity contribution in [1.29, 1.82) is 0 Å². The molecule has 0 fully saturated rings. The van der Waals surface area contributed by atoms with Crippen LogP contribution in [0.1, 0.15) is 0 Å². The highest BCUT2D eigenvalue weighted by Gasteiger charge is 2.13. The topological polar surface area (TPSA) is 90.7 Å². The number of benzene rings is 1. The Kier molecular flexibility index (Phi) is 4.07. The van der Waals surface area contributed by atoms with E-state index in [-0.39, 0.29) is 17.2 Å². The molecule has 0 aliphatic heterocycles. The van der Waals surface area contributed by atoms with Crippen LogP contribution in [0.5, 0.6) is 11.5 Å². The molecule has 0 radical (unpaired) electrons. The molecule has 3 N–H and O–H groups in total. The van der Waals surface area contributed by atoms with E-state index in [1.807, 2.05) is 4.72 Å². The van der Waals surface area contributed by atoms with Crippen LogP contribution in [0, 0.1) is 0 Å². The number of hydrogen-bond donors (Lipinski definition) is 2. The molecule has 0 amide bonds. The van der Waals surface area contributed by atoms with E-state index in [9.17, 15) is 17.2 Å². The summed E-state index contributed by atoms with van der Waals surface area (Å²) in [5, 5.41) is 4.74. The molecule has 0 atom stereocenters. The molecule has 0 aromatic heterocycles. The van der Waals surface area contributed by atoms with Crippen molar-refractivity contribution in [3.8, 4) is 11.5 Å². The molecule has 0 aliphatic rings. The molecule has 0 heterocycles. The second kappa shape index (κ2) is 5.15. The smallest absolute Gasteiger partial charge is 0.387 e. The number of hydrogen-bond acceptors (Lipinski definition) is 4. The molecule has 1 aromatic rings. The first-order valence-corrected chi connectivity index (χ1v) is 5.80. The van der Waals surface area contributed by atoms with Gasteiger partial charge >= 0.3 is 6.61 Å². The molecule has 1 rings (SSSR count). The van der Waals surface area contributed by atoms with E-state index >= 15 is 0 Å². The number of methoxy groups -OCH3 is 1. The largest absolute Gasteiger partial charge is 0.497 e. The van der Waals surface area contributed by atoms with Gasteiger partial charge in [-0.05, 0) is 12.1 Å². The van der Waals surface area contributed by atoms with Crippen LogP contribution in [0.3, 0.4) is 0 Å². The summed E-state index contributed by atoms with van der Waals surface area (Å²) < 4.78 is 56.5. The van der Waals surface area contributed by atoms with E-state index in [0.717, 1.165) is 6.07 Å². The Labute approximate surface area is 96.5 Å². The fourth-order valence-electron chi connectivity index (χ4n) is 1.07. The molecule has 1 aromatic carbocycles. The Bertz CT molecular complexity index is 492. The summed E-state index contributed by atoms with van der Waals surface area (Å²) in [7, 11) is -2.75. The first-order valence-electron chi connectivity index (χ1n) is 4.25. The fourth-order valence-corrected chi connectivity index (χ4v) is 1.53. The van der Waals surface area contributed by atoms with Crippen LogP contribution in [-0.4, -0.2) is 22.1 Å². The van der Waals surface area contributed by atoms with Crippen molar-refractivity contribution in [3.05, 3.63) is 18.2 Å². The second-order valence-electron chi connectivity index (χ2n) is 2.89. The number of halogens is 2. The molecule has 0 spiro atoms.